The third-order valence-corrected chi connectivity index (χ3v) is 13.8. The molecule has 0 unspecified atom stereocenters. The summed E-state index contributed by atoms with van der Waals surface area (Å²) in [6.07, 6.45) is 1.96. The van der Waals surface area contributed by atoms with Crippen molar-refractivity contribution < 1.29 is 21.1 Å². The zero-order valence-electron chi connectivity index (χ0n) is 39.4. The maximum Gasteiger partial charge on any atom is 0.135 e. The molecule has 4 nitrogen and oxygen atoms in total. The van der Waals surface area contributed by atoms with Crippen LogP contribution >= 0.6 is 0 Å². The van der Waals surface area contributed by atoms with Crippen LogP contribution in [0.4, 0.5) is 22.7 Å². The maximum absolute atomic E-state index is 5.09. The average molecular weight is 1040 g/mol. The molecule has 0 N–H and O–H groups in total. The molecule has 10 rings (SSSR count). The van der Waals surface area contributed by atoms with E-state index in [-0.39, 0.29) is 31.9 Å². The Kier molecular flexibility index (Phi) is 11.5. The minimum atomic E-state index is -0.443. The van der Waals surface area contributed by atoms with Crippen LogP contribution in [0.25, 0.3) is 27.6 Å². The Balaban J connectivity index is 0.00000548. The molecule has 66 heavy (non-hydrogen) atoms. The van der Waals surface area contributed by atoms with Crippen LogP contribution in [0.15, 0.2) is 176 Å². The summed E-state index contributed by atoms with van der Waals surface area (Å²) in [5.74, 6) is 0.863. The topological polar surface area (TPSA) is 24.3 Å². The molecule has 2 aromatic heterocycles. The SMILES string of the molecule is CC(C)(C)c1cc(N2[CH-]N(c3[c-]c(C(C)(C)c4[c-]c5c(cc4)c4ccccc4n5-c4cc(C(C)(c5ccccc5)c5ccccc5)ccn4)ccc3)c3ccccc32)cc(C(C)(C)C)c1.[Pt]. The van der Waals surface area contributed by atoms with Gasteiger partial charge >= 0.3 is 0 Å². The summed E-state index contributed by atoms with van der Waals surface area (Å²) in [5, 5.41) is 2.32. The molecule has 1 aliphatic heterocycles. The normalized spacial score (nSPS) is 13.3. The van der Waals surface area contributed by atoms with E-state index >= 15 is 0 Å². The minimum absolute atomic E-state index is 0. The van der Waals surface area contributed by atoms with Gasteiger partial charge in [0.25, 0.3) is 0 Å². The fourth-order valence-electron chi connectivity index (χ4n) is 9.62. The molecule has 1 aliphatic rings. The van der Waals surface area contributed by atoms with Gasteiger partial charge in [0.1, 0.15) is 5.82 Å². The number of benzene rings is 7. The fraction of sp³-hybridized carbons (Fsp3) is 0.213. The van der Waals surface area contributed by atoms with Crippen molar-refractivity contribution in [3.63, 3.8) is 0 Å². The summed E-state index contributed by atoms with van der Waals surface area (Å²) in [7, 11) is 0. The molecule has 0 saturated carbocycles. The number of aromatic nitrogens is 2. The van der Waals surface area contributed by atoms with Crippen LogP contribution in [-0.4, -0.2) is 9.55 Å². The van der Waals surface area contributed by atoms with Crippen molar-refractivity contribution in [2.24, 2.45) is 0 Å². The summed E-state index contributed by atoms with van der Waals surface area (Å²) >= 11 is 0. The van der Waals surface area contributed by atoms with Crippen molar-refractivity contribution in [1.29, 1.82) is 0 Å². The molecule has 7 aromatic carbocycles. The second-order valence-electron chi connectivity index (χ2n) is 20.4. The Morgan fingerprint density at radius 2 is 1.05 bits per heavy atom. The summed E-state index contributed by atoms with van der Waals surface area (Å²) < 4.78 is 2.30. The Morgan fingerprint density at radius 3 is 1.68 bits per heavy atom. The van der Waals surface area contributed by atoms with E-state index in [1.54, 1.807) is 0 Å². The maximum atomic E-state index is 5.09. The summed E-state index contributed by atoms with van der Waals surface area (Å²) in [5.41, 5.74) is 14.1. The standard InChI is InChI=1S/C61H57N4.Pt/c1-58(2,3)47-35-48(59(4,5)6)38-50(37-47)64-41-63(54-29-18-19-30-55(54)64)49-26-20-25-44(36-49)60(7,8)45-31-32-52-51-27-16-17-28-53(51)65(56(52)39-45)57-40-46(33-34-62-57)61(9,42-21-12-10-13-22-42)43-23-14-11-15-24-43;/h10-35,37-38,40-41H,1-9H3;/q-3;. The van der Waals surface area contributed by atoms with Gasteiger partial charge in [-0.2, -0.15) is 53.6 Å². The summed E-state index contributed by atoms with van der Waals surface area (Å²) in [6, 6.07) is 69.4. The Labute approximate surface area is 406 Å². The van der Waals surface area contributed by atoms with Gasteiger partial charge in [0.15, 0.2) is 0 Å². The molecule has 0 aliphatic carbocycles. The number of pyridine rings is 1. The number of fused-ring (bicyclic) bond motifs is 4. The van der Waals surface area contributed by atoms with E-state index in [1.807, 2.05) is 6.20 Å². The van der Waals surface area contributed by atoms with Gasteiger partial charge in [-0.3, -0.25) is 0 Å². The summed E-state index contributed by atoms with van der Waals surface area (Å²) in [4.78, 5) is 9.73. The first-order valence-electron chi connectivity index (χ1n) is 22.9. The van der Waals surface area contributed by atoms with Gasteiger partial charge in [0.2, 0.25) is 0 Å². The fourth-order valence-corrected chi connectivity index (χ4v) is 9.62. The molecule has 0 saturated heterocycles. The number of nitrogens with zero attached hydrogens (tertiary/aromatic N) is 4. The van der Waals surface area contributed by atoms with Gasteiger partial charge < -0.3 is 14.4 Å². The Morgan fingerprint density at radius 1 is 0.470 bits per heavy atom. The van der Waals surface area contributed by atoms with Gasteiger partial charge in [-0.25, -0.2) is 4.98 Å². The first-order valence-corrected chi connectivity index (χ1v) is 22.9. The monoisotopic (exact) mass is 1040 g/mol. The van der Waals surface area contributed by atoms with Crippen LogP contribution in [-0.2, 0) is 42.7 Å². The number of hydrogen-bond acceptors (Lipinski definition) is 3. The second-order valence-corrected chi connectivity index (χ2v) is 20.4. The predicted octanol–water partition coefficient (Wildman–Crippen LogP) is 15.5. The third kappa shape index (κ3) is 7.78. The molecule has 0 atom stereocenters. The molecule has 0 radical (unpaired) electrons. The summed E-state index contributed by atoms with van der Waals surface area (Å²) in [6.45, 7) is 22.9. The van der Waals surface area contributed by atoms with E-state index in [0.29, 0.717) is 0 Å². The third-order valence-electron chi connectivity index (χ3n) is 13.8. The smallest absolute Gasteiger partial charge is 0.135 e. The van der Waals surface area contributed by atoms with Crippen molar-refractivity contribution >= 4 is 44.6 Å². The van der Waals surface area contributed by atoms with Gasteiger partial charge in [0.05, 0.1) is 0 Å². The van der Waals surface area contributed by atoms with Crippen LogP contribution in [0.5, 0.6) is 0 Å². The molecular formula is C61H57N4Pt-3. The number of para-hydroxylation sites is 3. The zero-order chi connectivity index (χ0) is 45.3. The van der Waals surface area contributed by atoms with Crippen LogP contribution in [0.3, 0.4) is 0 Å². The molecule has 0 bridgehead atoms. The Hall–Kier alpha value is -6.22. The first-order chi connectivity index (χ1) is 31.1. The minimum Gasteiger partial charge on any atom is -0.493 e. The van der Waals surface area contributed by atoms with Gasteiger partial charge in [-0.05, 0) is 98.8 Å². The van der Waals surface area contributed by atoms with Crippen molar-refractivity contribution in [1.82, 2.24) is 9.55 Å². The number of anilines is 4. The molecule has 3 heterocycles. The van der Waals surface area contributed by atoms with E-state index < -0.39 is 10.8 Å². The van der Waals surface area contributed by atoms with E-state index in [1.165, 1.54) is 33.2 Å². The van der Waals surface area contributed by atoms with Gasteiger partial charge in [-0.1, -0.05) is 158 Å². The predicted molar refractivity (Wildman–Crippen MR) is 272 cm³/mol. The largest absolute Gasteiger partial charge is 0.493 e. The van der Waals surface area contributed by atoms with Crippen molar-refractivity contribution in [2.75, 3.05) is 9.80 Å². The molecular weight excluding hydrogens is 984 g/mol. The Bertz CT molecular complexity index is 3130. The van der Waals surface area contributed by atoms with Gasteiger partial charge in [0, 0.05) is 55.3 Å². The number of hydrogen-bond donors (Lipinski definition) is 0. The molecule has 0 spiro atoms. The van der Waals surface area contributed by atoms with E-state index in [9.17, 15) is 0 Å². The van der Waals surface area contributed by atoms with Crippen LogP contribution < -0.4 is 9.80 Å². The first kappa shape index (κ1) is 45.0. The van der Waals surface area contributed by atoms with Crippen LogP contribution in [0.2, 0.25) is 0 Å². The van der Waals surface area contributed by atoms with Crippen molar-refractivity contribution in [3.8, 4) is 5.82 Å². The van der Waals surface area contributed by atoms with E-state index in [2.05, 4.69) is 265 Å². The number of rotatable bonds is 8. The quantitative estimate of drug-likeness (QED) is 0.142. The second kappa shape index (κ2) is 16.9. The average Bonchev–Trinajstić information content (AvgIpc) is 3.87. The molecule has 0 amide bonds. The van der Waals surface area contributed by atoms with E-state index in [0.717, 1.165) is 56.1 Å². The van der Waals surface area contributed by atoms with Crippen molar-refractivity contribution in [3.05, 3.63) is 234 Å². The van der Waals surface area contributed by atoms with Gasteiger partial charge in [-0.15, -0.1) is 17.7 Å². The molecule has 0 fully saturated rings. The van der Waals surface area contributed by atoms with Crippen molar-refractivity contribution in [2.45, 2.75) is 84.0 Å². The van der Waals surface area contributed by atoms with E-state index in [4.69, 9.17) is 4.98 Å². The molecule has 9 aromatic rings. The van der Waals surface area contributed by atoms with Crippen LogP contribution in [0, 0.1) is 18.8 Å². The zero-order valence-corrected chi connectivity index (χ0v) is 41.7. The van der Waals surface area contributed by atoms with Crippen LogP contribution in [0.1, 0.15) is 101 Å². The molecule has 5 heteroatoms. The molecule has 334 valence electrons.